The maximum Gasteiger partial charge on any atom is 0.248 e. The summed E-state index contributed by atoms with van der Waals surface area (Å²) >= 11 is 12.0. The molecule has 1 aliphatic rings. The van der Waals surface area contributed by atoms with Crippen molar-refractivity contribution in [3.63, 3.8) is 0 Å². The number of rotatable bonds is 6. The third-order valence-corrected chi connectivity index (χ3v) is 5.39. The van der Waals surface area contributed by atoms with Crippen LogP contribution in [0.25, 0.3) is 0 Å². The molecule has 1 heterocycles. The van der Waals surface area contributed by atoms with E-state index in [1.54, 1.807) is 48.8 Å². The van der Waals surface area contributed by atoms with E-state index < -0.39 is 6.04 Å². The van der Waals surface area contributed by atoms with Gasteiger partial charge in [0.2, 0.25) is 11.8 Å². The Kier molecular flexibility index (Phi) is 7.29. The standard InChI is InChI=1S/C21H23Cl2N3O2/c22-13-19(27)26(18-10-4-7-16(23)12-18)20(15-6-5-11-24-14-15)21(28)25-17-8-2-1-3-9-17/h4-7,10-12,14,17,20H,1-3,8-9,13H2,(H,25,28)/t20-/m1/s1. The molecule has 0 spiro atoms. The zero-order valence-corrected chi connectivity index (χ0v) is 17.0. The van der Waals surface area contributed by atoms with Gasteiger partial charge in [0.1, 0.15) is 11.9 Å². The van der Waals surface area contributed by atoms with Crippen LogP contribution in [0.5, 0.6) is 0 Å². The van der Waals surface area contributed by atoms with E-state index in [9.17, 15) is 9.59 Å². The minimum absolute atomic E-state index is 0.118. The lowest BCUT2D eigenvalue weighted by Gasteiger charge is -2.33. The molecule has 1 saturated carbocycles. The van der Waals surface area contributed by atoms with E-state index in [0.717, 1.165) is 25.7 Å². The van der Waals surface area contributed by atoms with Crippen molar-refractivity contribution in [1.29, 1.82) is 0 Å². The number of hydrogen-bond acceptors (Lipinski definition) is 3. The van der Waals surface area contributed by atoms with E-state index in [4.69, 9.17) is 23.2 Å². The van der Waals surface area contributed by atoms with Gasteiger partial charge in [-0.25, -0.2) is 0 Å². The summed E-state index contributed by atoms with van der Waals surface area (Å²) in [5.74, 6) is -0.866. The number of hydrogen-bond donors (Lipinski definition) is 1. The molecule has 2 aromatic rings. The van der Waals surface area contributed by atoms with Gasteiger partial charge in [-0.2, -0.15) is 0 Å². The predicted octanol–water partition coefficient (Wildman–Crippen LogP) is 4.50. The molecule has 5 nitrogen and oxygen atoms in total. The fourth-order valence-electron chi connectivity index (χ4n) is 3.61. The molecule has 2 amide bonds. The highest BCUT2D eigenvalue weighted by atomic mass is 35.5. The van der Waals surface area contributed by atoms with E-state index in [-0.39, 0.29) is 23.7 Å². The molecule has 0 bridgehead atoms. The second-order valence-electron chi connectivity index (χ2n) is 6.91. The van der Waals surface area contributed by atoms with Gasteiger partial charge in [0, 0.05) is 34.7 Å². The number of halogens is 2. The van der Waals surface area contributed by atoms with Gasteiger partial charge in [-0.15, -0.1) is 11.6 Å². The molecule has 1 aromatic heterocycles. The van der Waals surface area contributed by atoms with Crippen LogP contribution < -0.4 is 10.2 Å². The fraction of sp³-hybridized carbons (Fsp3) is 0.381. The Morgan fingerprint density at radius 3 is 2.61 bits per heavy atom. The molecule has 28 heavy (non-hydrogen) atoms. The zero-order valence-electron chi connectivity index (χ0n) is 15.5. The molecular weight excluding hydrogens is 397 g/mol. The molecule has 1 atom stereocenters. The number of carbonyl (C=O) groups is 2. The van der Waals surface area contributed by atoms with Gasteiger partial charge >= 0.3 is 0 Å². The average molecular weight is 420 g/mol. The van der Waals surface area contributed by atoms with Crippen molar-refractivity contribution in [3.8, 4) is 0 Å². The normalized spacial score (nSPS) is 15.6. The molecule has 0 saturated heterocycles. The summed E-state index contributed by atoms with van der Waals surface area (Å²) in [5.41, 5.74) is 1.14. The Bertz CT molecular complexity index is 810. The minimum atomic E-state index is -0.875. The number of aromatic nitrogens is 1. The van der Waals surface area contributed by atoms with E-state index >= 15 is 0 Å². The summed E-state index contributed by atoms with van der Waals surface area (Å²) in [6, 6.07) is 9.64. The van der Waals surface area contributed by atoms with Gasteiger partial charge < -0.3 is 5.32 Å². The lowest BCUT2D eigenvalue weighted by atomic mass is 9.94. The third kappa shape index (κ3) is 5.03. The smallest absolute Gasteiger partial charge is 0.248 e. The monoisotopic (exact) mass is 419 g/mol. The minimum Gasteiger partial charge on any atom is -0.351 e. The van der Waals surface area contributed by atoms with Gasteiger partial charge in [0.25, 0.3) is 0 Å². The van der Waals surface area contributed by atoms with Crippen LogP contribution in [-0.4, -0.2) is 28.7 Å². The second-order valence-corrected chi connectivity index (χ2v) is 7.61. The SMILES string of the molecule is O=C(NC1CCCCC1)[C@@H](c1cccnc1)N(C(=O)CCl)c1cccc(Cl)c1. The van der Waals surface area contributed by atoms with Gasteiger partial charge in [-0.1, -0.05) is 43.0 Å². The number of pyridine rings is 1. The number of alkyl halides is 1. The molecule has 148 valence electrons. The maximum atomic E-state index is 13.3. The van der Waals surface area contributed by atoms with Crippen molar-refractivity contribution in [2.24, 2.45) is 0 Å². The first kappa shape index (κ1) is 20.6. The van der Waals surface area contributed by atoms with Crippen LogP contribution in [-0.2, 0) is 9.59 Å². The van der Waals surface area contributed by atoms with Gasteiger partial charge in [0.05, 0.1) is 0 Å². The van der Waals surface area contributed by atoms with Crippen LogP contribution in [0.3, 0.4) is 0 Å². The van der Waals surface area contributed by atoms with Crippen LogP contribution in [0, 0.1) is 0 Å². The second kappa shape index (κ2) is 9.89. The van der Waals surface area contributed by atoms with E-state index in [1.807, 2.05) is 0 Å². The van der Waals surface area contributed by atoms with Crippen LogP contribution in [0.4, 0.5) is 5.69 Å². The zero-order chi connectivity index (χ0) is 19.9. The number of anilines is 1. The fourth-order valence-corrected chi connectivity index (χ4v) is 3.92. The lowest BCUT2D eigenvalue weighted by molar-refractivity contribution is -0.126. The number of benzene rings is 1. The van der Waals surface area contributed by atoms with Crippen molar-refractivity contribution >= 4 is 40.7 Å². The Labute approximate surface area is 175 Å². The molecule has 1 N–H and O–H groups in total. The Hall–Kier alpha value is -2.11. The molecule has 1 aromatic carbocycles. The van der Waals surface area contributed by atoms with Gasteiger partial charge in [-0.3, -0.25) is 19.5 Å². The summed E-state index contributed by atoms with van der Waals surface area (Å²) in [7, 11) is 0. The van der Waals surface area contributed by atoms with Crippen LogP contribution in [0.15, 0.2) is 48.8 Å². The molecule has 3 rings (SSSR count). The quantitative estimate of drug-likeness (QED) is 0.701. The molecule has 0 radical (unpaired) electrons. The van der Waals surface area contributed by atoms with Crippen molar-refractivity contribution in [3.05, 3.63) is 59.4 Å². The molecule has 1 aliphatic carbocycles. The summed E-state index contributed by atoms with van der Waals surface area (Å²) < 4.78 is 0. The average Bonchev–Trinajstić information content (AvgIpc) is 2.72. The summed E-state index contributed by atoms with van der Waals surface area (Å²) in [4.78, 5) is 31.7. The first-order valence-corrected chi connectivity index (χ1v) is 10.4. The summed E-state index contributed by atoms with van der Waals surface area (Å²) in [6.45, 7) is 0. The number of nitrogens with one attached hydrogen (secondary N) is 1. The topological polar surface area (TPSA) is 62.3 Å². The molecule has 0 aliphatic heterocycles. The van der Waals surface area contributed by atoms with E-state index in [0.29, 0.717) is 16.3 Å². The Balaban J connectivity index is 1.99. The van der Waals surface area contributed by atoms with Crippen molar-refractivity contribution in [1.82, 2.24) is 10.3 Å². The van der Waals surface area contributed by atoms with Crippen LogP contribution in [0.1, 0.15) is 43.7 Å². The first-order chi connectivity index (χ1) is 13.6. The van der Waals surface area contributed by atoms with Gasteiger partial charge in [-0.05, 0) is 37.1 Å². The van der Waals surface area contributed by atoms with Gasteiger partial charge in [0.15, 0.2) is 0 Å². The highest BCUT2D eigenvalue weighted by Crippen LogP contribution is 2.30. The highest BCUT2D eigenvalue weighted by molar-refractivity contribution is 6.31. The van der Waals surface area contributed by atoms with Crippen LogP contribution >= 0.6 is 23.2 Å². The molecule has 1 fully saturated rings. The highest BCUT2D eigenvalue weighted by Gasteiger charge is 2.33. The molecule has 7 heteroatoms. The maximum absolute atomic E-state index is 13.3. The third-order valence-electron chi connectivity index (χ3n) is 4.93. The summed E-state index contributed by atoms with van der Waals surface area (Å²) in [6.07, 6.45) is 8.52. The van der Waals surface area contributed by atoms with Crippen molar-refractivity contribution < 1.29 is 9.59 Å². The number of nitrogens with zero attached hydrogens (tertiary/aromatic N) is 2. The Morgan fingerprint density at radius 1 is 1.18 bits per heavy atom. The van der Waals surface area contributed by atoms with E-state index in [1.165, 1.54) is 11.3 Å². The first-order valence-electron chi connectivity index (χ1n) is 9.44. The summed E-state index contributed by atoms with van der Waals surface area (Å²) in [5, 5.41) is 3.60. The lowest BCUT2D eigenvalue weighted by Crippen LogP contribution is -2.47. The van der Waals surface area contributed by atoms with Crippen molar-refractivity contribution in [2.45, 2.75) is 44.2 Å². The number of amides is 2. The molecular formula is C21H23Cl2N3O2. The van der Waals surface area contributed by atoms with Crippen LogP contribution in [0.2, 0.25) is 5.02 Å². The Morgan fingerprint density at radius 2 is 1.96 bits per heavy atom. The van der Waals surface area contributed by atoms with Crippen molar-refractivity contribution in [2.75, 3.05) is 10.8 Å². The van der Waals surface area contributed by atoms with E-state index in [2.05, 4.69) is 10.3 Å². The largest absolute Gasteiger partial charge is 0.351 e. The predicted molar refractivity (Wildman–Crippen MR) is 112 cm³/mol. The molecule has 0 unspecified atom stereocenters. The number of carbonyl (C=O) groups excluding carboxylic acids is 2.